The molecule has 1 aliphatic carbocycles. The first-order valence-electron chi connectivity index (χ1n) is 8.23. The average Bonchev–Trinajstić information content (AvgIpc) is 2.51. The topological polar surface area (TPSA) is 130 Å². The number of aromatic nitrogens is 2. The summed E-state index contributed by atoms with van der Waals surface area (Å²) in [6.07, 6.45) is 5.06. The Balaban J connectivity index is 1.87. The van der Waals surface area contributed by atoms with Crippen LogP contribution in [0.5, 0.6) is 0 Å². The highest BCUT2D eigenvalue weighted by Crippen LogP contribution is 2.35. The lowest BCUT2D eigenvalue weighted by Gasteiger charge is -2.33. The Morgan fingerprint density at radius 2 is 2.04 bits per heavy atom. The van der Waals surface area contributed by atoms with Crippen molar-refractivity contribution in [1.82, 2.24) is 9.97 Å². The third kappa shape index (κ3) is 4.08. The molecule has 9 nitrogen and oxygen atoms in total. The molecule has 11 heteroatoms. The van der Waals surface area contributed by atoms with Crippen molar-refractivity contribution in [2.45, 2.75) is 43.6 Å². The number of fused-ring (bicyclic) bond motifs is 1. The van der Waals surface area contributed by atoms with Crippen LogP contribution < -0.4 is 5.48 Å². The van der Waals surface area contributed by atoms with Gasteiger partial charge >= 0.3 is 0 Å². The normalized spacial score (nSPS) is 20.0. The first-order valence-corrected chi connectivity index (χ1v) is 10.6. The van der Waals surface area contributed by atoms with E-state index in [0.717, 1.165) is 5.39 Å². The van der Waals surface area contributed by atoms with Gasteiger partial charge in [0, 0.05) is 28.9 Å². The third-order valence-electron chi connectivity index (χ3n) is 4.67. The Morgan fingerprint density at radius 1 is 1.33 bits per heavy atom. The van der Waals surface area contributed by atoms with Crippen molar-refractivity contribution in [2.24, 2.45) is 5.11 Å². The van der Waals surface area contributed by atoms with Crippen LogP contribution in [0.25, 0.3) is 21.2 Å². The zero-order valence-electron chi connectivity index (χ0n) is 15.0. The van der Waals surface area contributed by atoms with Gasteiger partial charge in [-0.05, 0) is 35.4 Å². The van der Waals surface area contributed by atoms with Gasteiger partial charge in [-0.1, -0.05) is 30.6 Å². The Bertz CT molecular complexity index is 1030. The number of hydrogen-bond acceptors (Lipinski definition) is 7. The fourth-order valence-electron chi connectivity index (χ4n) is 2.95. The molecule has 0 aliphatic heterocycles. The van der Waals surface area contributed by atoms with Crippen LogP contribution >= 0.6 is 11.6 Å². The molecule has 1 saturated carbocycles. The van der Waals surface area contributed by atoms with Gasteiger partial charge in [-0.25, -0.2) is 23.9 Å². The Labute approximate surface area is 161 Å². The SMILES string of the molecule is CC(C)(N=[N+]=[N-])c1cnc(NO[C@H]2C[C@@H](S(C)(=O)=O)C2)c2cnc(Cl)cc12. The van der Waals surface area contributed by atoms with E-state index in [1.165, 1.54) is 6.26 Å². The minimum absolute atomic E-state index is 0.207. The molecule has 0 aromatic carbocycles. The number of azide groups is 1. The molecule has 1 fully saturated rings. The Hall–Kier alpha value is -2.13. The Morgan fingerprint density at radius 3 is 2.67 bits per heavy atom. The number of rotatable bonds is 6. The van der Waals surface area contributed by atoms with Gasteiger partial charge in [0.25, 0.3) is 0 Å². The van der Waals surface area contributed by atoms with Crippen LogP contribution in [0.3, 0.4) is 0 Å². The van der Waals surface area contributed by atoms with Crippen molar-refractivity contribution in [1.29, 1.82) is 0 Å². The summed E-state index contributed by atoms with van der Waals surface area (Å²) in [7, 11) is -3.04. The molecule has 2 aromatic rings. The molecule has 27 heavy (non-hydrogen) atoms. The number of anilines is 1. The van der Waals surface area contributed by atoms with Gasteiger partial charge in [0.1, 0.15) is 5.15 Å². The molecule has 0 radical (unpaired) electrons. The van der Waals surface area contributed by atoms with Crippen LogP contribution in [-0.4, -0.2) is 36.0 Å². The highest BCUT2D eigenvalue weighted by atomic mass is 35.5. The predicted octanol–water partition coefficient (Wildman–Crippen LogP) is 3.75. The van der Waals surface area contributed by atoms with E-state index in [1.807, 2.05) is 0 Å². The second-order valence-corrected chi connectivity index (χ2v) is 9.80. The summed E-state index contributed by atoms with van der Waals surface area (Å²) in [6, 6.07) is 1.68. The molecule has 1 N–H and O–H groups in total. The summed E-state index contributed by atoms with van der Waals surface area (Å²) >= 11 is 6.04. The van der Waals surface area contributed by atoms with Gasteiger partial charge in [0.15, 0.2) is 15.7 Å². The van der Waals surface area contributed by atoms with E-state index in [9.17, 15) is 8.42 Å². The van der Waals surface area contributed by atoms with Crippen molar-refractivity contribution >= 4 is 38.0 Å². The zero-order valence-corrected chi connectivity index (χ0v) is 16.6. The lowest BCUT2D eigenvalue weighted by atomic mass is 9.93. The first-order chi connectivity index (χ1) is 12.6. The van der Waals surface area contributed by atoms with E-state index in [0.29, 0.717) is 34.8 Å². The van der Waals surface area contributed by atoms with Gasteiger partial charge in [-0.15, -0.1) is 0 Å². The van der Waals surface area contributed by atoms with Crippen LogP contribution in [-0.2, 0) is 20.2 Å². The van der Waals surface area contributed by atoms with Gasteiger partial charge in [0.05, 0.1) is 16.9 Å². The van der Waals surface area contributed by atoms with Crippen LogP contribution in [0, 0.1) is 0 Å². The maximum absolute atomic E-state index is 11.5. The summed E-state index contributed by atoms with van der Waals surface area (Å²) in [5.41, 5.74) is 11.5. The fraction of sp³-hybridized carbons (Fsp3) is 0.500. The predicted molar refractivity (Wildman–Crippen MR) is 103 cm³/mol. The third-order valence-corrected chi connectivity index (χ3v) is 6.47. The summed E-state index contributed by atoms with van der Waals surface area (Å²) in [6.45, 7) is 3.56. The lowest BCUT2D eigenvalue weighted by molar-refractivity contribution is 0.0413. The number of sulfone groups is 1. The van der Waals surface area contributed by atoms with E-state index in [1.54, 1.807) is 32.3 Å². The van der Waals surface area contributed by atoms with Crippen molar-refractivity contribution in [3.63, 3.8) is 0 Å². The van der Waals surface area contributed by atoms with E-state index >= 15 is 0 Å². The number of hydrogen-bond donors (Lipinski definition) is 1. The van der Waals surface area contributed by atoms with Crippen molar-refractivity contribution in [3.8, 4) is 0 Å². The lowest BCUT2D eigenvalue weighted by Crippen LogP contribution is -2.41. The van der Waals surface area contributed by atoms with Crippen molar-refractivity contribution < 1.29 is 13.3 Å². The van der Waals surface area contributed by atoms with Gasteiger partial charge in [-0.2, -0.15) is 0 Å². The molecule has 3 rings (SSSR count). The molecule has 0 amide bonds. The van der Waals surface area contributed by atoms with Crippen molar-refractivity contribution in [3.05, 3.63) is 39.6 Å². The number of pyridine rings is 2. The van der Waals surface area contributed by atoms with Gasteiger partial charge in [0.2, 0.25) is 0 Å². The van der Waals surface area contributed by atoms with E-state index in [-0.39, 0.29) is 11.4 Å². The number of halogens is 1. The number of nitrogens with one attached hydrogen (secondary N) is 1. The second-order valence-electron chi connectivity index (χ2n) is 7.09. The quantitative estimate of drug-likeness (QED) is 0.254. The Kier molecular flexibility index (Phi) is 5.18. The molecule has 144 valence electrons. The minimum atomic E-state index is -3.04. The van der Waals surface area contributed by atoms with Crippen molar-refractivity contribution in [2.75, 3.05) is 11.7 Å². The summed E-state index contributed by atoms with van der Waals surface area (Å²) in [5.74, 6) is 0.428. The second kappa shape index (κ2) is 7.12. The van der Waals surface area contributed by atoms with Crippen LogP contribution in [0.1, 0.15) is 32.3 Å². The molecular weight excluding hydrogens is 392 g/mol. The standard InChI is InChI=1S/C16H19ClN6O3S/c1-16(2,22-23-18)13-8-20-15(12-7-19-14(17)6-11(12)13)21-26-9-4-10(5-9)27(3,24)25/h6-10H,4-5H2,1-3H3,(H,20,21)/t9-,10+. The average molecular weight is 411 g/mol. The summed E-state index contributed by atoms with van der Waals surface area (Å²) in [5, 5.41) is 5.16. The molecule has 0 saturated heterocycles. The minimum Gasteiger partial charge on any atom is -0.271 e. The van der Waals surface area contributed by atoms with Crippen LogP contribution in [0.4, 0.5) is 5.82 Å². The molecule has 2 heterocycles. The highest BCUT2D eigenvalue weighted by molar-refractivity contribution is 7.91. The number of nitrogens with zero attached hydrogens (tertiary/aromatic N) is 5. The smallest absolute Gasteiger partial charge is 0.159 e. The fourth-order valence-corrected chi connectivity index (χ4v) is 4.23. The van der Waals surface area contributed by atoms with Crippen LogP contribution in [0.2, 0.25) is 5.15 Å². The molecular formula is C16H19ClN6O3S. The molecule has 0 bridgehead atoms. The monoisotopic (exact) mass is 410 g/mol. The van der Waals surface area contributed by atoms with E-state index in [4.69, 9.17) is 22.0 Å². The maximum Gasteiger partial charge on any atom is 0.159 e. The largest absolute Gasteiger partial charge is 0.271 e. The molecule has 2 aromatic heterocycles. The highest BCUT2D eigenvalue weighted by Gasteiger charge is 2.37. The molecule has 0 unspecified atom stereocenters. The zero-order chi connectivity index (χ0) is 19.8. The molecule has 0 atom stereocenters. The summed E-state index contributed by atoms with van der Waals surface area (Å²) < 4.78 is 23.0. The van der Waals surface area contributed by atoms with Gasteiger partial charge in [-0.3, -0.25) is 4.84 Å². The first kappa shape index (κ1) is 19.6. The van der Waals surface area contributed by atoms with E-state index in [2.05, 4.69) is 25.5 Å². The molecule has 1 aliphatic rings. The maximum atomic E-state index is 11.5. The molecule has 0 spiro atoms. The van der Waals surface area contributed by atoms with E-state index < -0.39 is 15.4 Å². The van der Waals surface area contributed by atoms with Crippen LogP contribution in [0.15, 0.2) is 23.6 Å². The summed E-state index contributed by atoms with van der Waals surface area (Å²) in [4.78, 5) is 16.9. The van der Waals surface area contributed by atoms with Gasteiger partial charge < -0.3 is 0 Å².